The van der Waals surface area contributed by atoms with Crippen molar-refractivity contribution in [3.05, 3.63) is 0 Å². The van der Waals surface area contributed by atoms with Crippen molar-refractivity contribution < 1.29 is 89.8 Å². The number of hydrogen-bond donors (Lipinski definition) is 12. The summed E-state index contributed by atoms with van der Waals surface area (Å²) in [5, 5.41) is 121. The van der Waals surface area contributed by atoms with E-state index >= 15 is 0 Å². The van der Waals surface area contributed by atoms with Crippen molar-refractivity contribution in [1.82, 2.24) is 0 Å². The van der Waals surface area contributed by atoms with Crippen LogP contribution in [0.2, 0.25) is 0 Å². The number of ether oxygens (including phenoxy) is 4. The Morgan fingerprint density at radius 1 is 0.810 bits per heavy atom. The number of ketones is 1. The molecule has 42 heavy (non-hydrogen) atoms. The number of unbranched alkanes of at least 4 members (excludes halogenated alkanes) is 2. The van der Waals surface area contributed by atoms with E-state index in [4.69, 9.17) is 18.9 Å². The summed E-state index contributed by atoms with van der Waals surface area (Å²) in [5.41, 5.74) is -3.46. The predicted molar refractivity (Wildman–Crippen MR) is 132 cm³/mol. The van der Waals surface area contributed by atoms with E-state index in [-0.39, 0.29) is 6.42 Å². The van der Waals surface area contributed by atoms with E-state index in [1.165, 1.54) is 0 Å². The lowest BCUT2D eigenvalue weighted by Crippen LogP contribution is -2.63. The van der Waals surface area contributed by atoms with Crippen LogP contribution < -0.4 is 0 Å². The minimum Gasteiger partial charge on any atom is -0.479 e. The minimum absolute atomic E-state index is 0.200. The first-order chi connectivity index (χ1) is 19.6. The van der Waals surface area contributed by atoms with Gasteiger partial charge in [0.1, 0.15) is 67.1 Å². The maximum atomic E-state index is 12.4. The molecular formula is C24H42O18. The highest BCUT2D eigenvalue weighted by molar-refractivity contribution is 6.07. The maximum Gasteiger partial charge on any atom is 0.346 e. The number of carboxylic acid groups (broad SMARTS) is 1. The summed E-state index contributed by atoms with van der Waals surface area (Å²) in [4.78, 5) is 24.0. The zero-order chi connectivity index (χ0) is 31.9. The third-order valence-corrected chi connectivity index (χ3v) is 7.28. The Kier molecular flexibility index (Phi) is 14.0. The Hall–Kier alpha value is -1.46. The van der Waals surface area contributed by atoms with Crippen molar-refractivity contribution in [2.45, 2.75) is 118 Å². The summed E-state index contributed by atoms with van der Waals surface area (Å²) >= 11 is 0. The molecule has 18 heteroatoms. The molecule has 0 aromatic rings. The van der Waals surface area contributed by atoms with Crippen molar-refractivity contribution in [2.24, 2.45) is 0 Å². The number of hydrogen-bond acceptors (Lipinski definition) is 17. The van der Waals surface area contributed by atoms with Crippen molar-refractivity contribution in [1.29, 1.82) is 0 Å². The van der Waals surface area contributed by atoms with E-state index in [0.29, 0.717) is 12.8 Å². The summed E-state index contributed by atoms with van der Waals surface area (Å²) in [7, 11) is 0. The summed E-state index contributed by atoms with van der Waals surface area (Å²) in [6.45, 7) is -0.620. The van der Waals surface area contributed by atoms with Gasteiger partial charge in [0.05, 0.1) is 19.8 Å². The second-order valence-corrected chi connectivity index (χ2v) is 10.3. The minimum atomic E-state index is -3.46. The average molecular weight is 619 g/mol. The van der Waals surface area contributed by atoms with Crippen LogP contribution in [-0.2, 0) is 28.5 Å². The molecule has 0 spiro atoms. The van der Waals surface area contributed by atoms with Gasteiger partial charge in [0.2, 0.25) is 5.60 Å². The molecule has 0 bridgehead atoms. The van der Waals surface area contributed by atoms with Gasteiger partial charge in [-0.05, 0) is 6.42 Å². The first-order valence-electron chi connectivity index (χ1n) is 13.4. The van der Waals surface area contributed by atoms with E-state index in [0.717, 1.165) is 0 Å². The number of carboxylic acids is 1. The molecule has 2 heterocycles. The van der Waals surface area contributed by atoms with Gasteiger partial charge in [0.15, 0.2) is 18.4 Å². The summed E-state index contributed by atoms with van der Waals surface area (Å²) in [6.07, 6.45) is -23.6. The van der Waals surface area contributed by atoms with E-state index in [1.54, 1.807) is 0 Å². The molecule has 12 N–H and O–H groups in total. The molecule has 0 amide bonds. The number of carbonyl (C=O) groups excluding carboxylic acids is 1. The van der Waals surface area contributed by atoms with Crippen molar-refractivity contribution >= 4 is 11.8 Å². The van der Waals surface area contributed by atoms with Crippen LogP contribution in [0, 0.1) is 0 Å². The van der Waals surface area contributed by atoms with Crippen LogP contribution in [0.5, 0.6) is 0 Å². The molecule has 18 nitrogen and oxygen atoms in total. The molecule has 2 fully saturated rings. The van der Waals surface area contributed by atoms with Crippen LogP contribution in [-0.4, -0.2) is 178 Å². The normalized spacial score (nSPS) is 37.4. The zero-order valence-electron chi connectivity index (χ0n) is 22.8. The lowest BCUT2D eigenvalue weighted by Gasteiger charge is -2.42. The van der Waals surface area contributed by atoms with Crippen molar-refractivity contribution in [3.8, 4) is 0 Å². The van der Waals surface area contributed by atoms with Gasteiger partial charge in [-0.1, -0.05) is 19.8 Å². The molecular weight excluding hydrogens is 576 g/mol. The summed E-state index contributed by atoms with van der Waals surface area (Å²) in [5.74, 6) is -3.46. The molecule has 246 valence electrons. The fraction of sp³-hybridized carbons (Fsp3) is 0.917. The number of carbonyl (C=O) groups is 2. The van der Waals surface area contributed by atoms with Crippen LogP contribution >= 0.6 is 0 Å². The molecule has 2 saturated heterocycles. The zero-order valence-corrected chi connectivity index (χ0v) is 22.8. The molecule has 0 aromatic carbocycles. The third-order valence-electron chi connectivity index (χ3n) is 7.28. The van der Waals surface area contributed by atoms with Gasteiger partial charge < -0.3 is 80.2 Å². The van der Waals surface area contributed by atoms with Crippen molar-refractivity contribution in [2.75, 3.05) is 19.8 Å². The van der Waals surface area contributed by atoms with Crippen LogP contribution in [0.3, 0.4) is 0 Å². The van der Waals surface area contributed by atoms with E-state index in [2.05, 4.69) is 0 Å². The highest BCUT2D eigenvalue weighted by Crippen LogP contribution is 2.27. The Morgan fingerprint density at radius 3 is 1.86 bits per heavy atom. The van der Waals surface area contributed by atoms with E-state index < -0.39 is 123 Å². The first kappa shape index (κ1) is 36.7. The maximum absolute atomic E-state index is 12.4. The smallest absolute Gasteiger partial charge is 0.346 e. The van der Waals surface area contributed by atoms with Crippen LogP contribution in [0.25, 0.3) is 0 Å². The van der Waals surface area contributed by atoms with Gasteiger partial charge in [0, 0.05) is 6.42 Å². The fourth-order valence-electron chi connectivity index (χ4n) is 4.47. The fourth-order valence-corrected chi connectivity index (χ4v) is 4.47. The Labute approximate surface area is 239 Å². The monoisotopic (exact) mass is 618 g/mol. The van der Waals surface area contributed by atoms with Crippen LogP contribution in [0.15, 0.2) is 0 Å². The number of rotatable bonds is 16. The van der Waals surface area contributed by atoms with Gasteiger partial charge >= 0.3 is 5.97 Å². The van der Waals surface area contributed by atoms with Crippen LogP contribution in [0.4, 0.5) is 0 Å². The molecule has 2 aliphatic heterocycles. The van der Waals surface area contributed by atoms with Gasteiger partial charge in [-0.2, -0.15) is 0 Å². The van der Waals surface area contributed by atoms with E-state index in [9.17, 15) is 70.9 Å². The SMILES string of the molecule is CCCCCC(=O)[C@@](O)(C(=O)O)[C@@H](O)[C@H](O)[C@H](O)CO[C@H]1O[C@H](CO[C@H]2O[C@H](CO)[C@@H](O)[C@H](O)[C@H]2O)[C@@H](O)[C@H](O)[C@H]1O. The summed E-state index contributed by atoms with van der Waals surface area (Å²) < 4.78 is 20.9. The number of aliphatic hydroxyl groups excluding tert-OH is 10. The number of aliphatic carboxylic acids is 1. The van der Waals surface area contributed by atoms with Gasteiger partial charge in [-0.15, -0.1) is 0 Å². The first-order valence-corrected chi connectivity index (χ1v) is 13.4. The highest BCUT2D eigenvalue weighted by atomic mass is 16.7. The summed E-state index contributed by atoms with van der Waals surface area (Å²) in [6, 6.07) is 0. The molecule has 0 aromatic heterocycles. The quantitative estimate of drug-likeness (QED) is 0.0565. The predicted octanol–water partition coefficient (Wildman–Crippen LogP) is -6.33. The lowest BCUT2D eigenvalue weighted by molar-refractivity contribution is -0.333. The molecule has 0 aliphatic carbocycles. The molecule has 14 atom stereocenters. The Bertz CT molecular complexity index is 859. The highest BCUT2D eigenvalue weighted by Gasteiger charge is 2.54. The lowest BCUT2D eigenvalue weighted by atomic mass is 9.84. The largest absolute Gasteiger partial charge is 0.479 e. The molecule has 2 aliphatic rings. The van der Waals surface area contributed by atoms with E-state index in [1.807, 2.05) is 6.92 Å². The Balaban J connectivity index is 2.02. The molecule has 2 rings (SSSR count). The number of aliphatic hydroxyl groups is 11. The second kappa shape index (κ2) is 16.0. The Morgan fingerprint density at radius 2 is 1.33 bits per heavy atom. The van der Waals surface area contributed by atoms with Crippen LogP contribution in [0.1, 0.15) is 32.6 Å². The molecule has 0 radical (unpaired) electrons. The molecule has 0 saturated carbocycles. The van der Waals surface area contributed by atoms with Gasteiger partial charge in [-0.25, -0.2) is 4.79 Å². The van der Waals surface area contributed by atoms with Gasteiger partial charge in [-0.3, -0.25) is 4.79 Å². The molecule has 0 unspecified atom stereocenters. The number of Topliss-reactive ketones (excluding diaryl/α,β-unsaturated/α-hetero) is 1. The second-order valence-electron chi connectivity index (χ2n) is 10.3. The third kappa shape index (κ3) is 8.17. The average Bonchev–Trinajstić information content (AvgIpc) is 2.97. The topological polar surface area (TPSA) is 314 Å². The van der Waals surface area contributed by atoms with Crippen molar-refractivity contribution in [3.63, 3.8) is 0 Å². The van der Waals surface area contributed by atoms with Gasteiger partial charge in [0.25, 0.3) is 0 Å². The standard InChI is InChI=1S/C24H42O18/c1-2-3-4-5-12(27)24(38,23(36)37)20(35)13(28)9(26)7-39-21-19(34)17(32)15(30)11(42-21)8-40-22-18(33)16(31)14(29)10(6-25)41-22/h9-11,13-22,25-26,28-35,38H,2-8H2,1H3,(H,36,37)/t9-,10-,11-,13-,14-,15-,16+,17+,18-,19-,20+,21+,22+,24+/m1/s1.